The van der Waals surface area contributed by atoms with Crippen molar-refractivity contribution in [2.24, 2.45) is 0 Å². The molecule has 0 fully saturated rings. The first-order valence-electron chi connectivity index (χ1n) is 2.61. The number of aliphatic hydroxyl groups is 1. The maximum Gasteiger partial charge on any atom is 0.697 e. The normalized spacial score (nSPS) is 18.2. The van der Waals surface area contributed by atoms with Crippen molar-refractivity contribution < 1.29 is 23.8 Å². The number of rotatable bonds is 4. The van der Waals surface area contributed by atoms with E-state index in [-0.39, 0.29) is 0 Å². The van der Waals surface area contributed by atoms with Gasteiger partial charge in [0.25, 0.3) is 0 Å². The number of hydrogen-bond donors (Lipinski definition) is 2. The van der Waals surface area contributed by atoms with Gasteiger partial charge in [-0.3, -0.25) is 0 Å². The molecule has 0 rings (SSSR count). The average molecular weight is 169 g/mol. The summed E-state index contributed by atoms with van der Waals surface area (Å²) in [6, 6.07) is 0. The van der Waals surface area contributed by atoms with Crippen LogP contribution >= 0.6 is 8.25 Å². The van der Waals surface area contributed by atoms with Gasteiger partial charge in [-0.2, -0.15) is 0 Å². The summed E-state index contributed by atoms with van der Waals surface area (Å²) in [6.07, 6.45) is -1.95. The van der Waals surface area contributed by atoms with Crippen LogP contribution in [-0.2, 0) is 13.8 Å². The lowest BCUT2D eigenvalue weighted by atomic mass is 10.4. The lowest BCUT2D eigenvalue weighted by Gasteiger charge is -2.09. The van der Waals surface area contributed by atoms with Crippen molar-refractivity contribution in [1.82, 2.24) is 0 Å². The van der Waals surface area contributed by atoms with Crippen LogP contribution < -0.4 is 0 Å². The van der Waals surface area contributed by atoms with Gasteiger partial charge < -0.3 is 9.84 Å². The van der Waals surface area contributed by atoms with Crippen LogP contribution in [0.25, 0.3) is 0 Å². The summed E-state index contributed by atoms with van der Waals surface area (Å²) in [6.45, 7) is 1.52. The monoisotopic (exact) mass is 169 g/mol. The molecule has 0 amide bonds. The van der Waals surface area contributed by atoms with Gasteiger partial charge in [-0.25, -0.2) is 0 Å². The highest BCUT2D eigenvalue weighted by molar-refractivity contribution is 7.32. The fourth-order valence-electron chi connectivity index (χ4n) is 0.295. The molecule has 0 aromatic rings. The average Bonchev–Trinajstić information content (AvgIpc) is 1.85. The SMILES string of the molecule is COC(C)C(O)O[P+](=O)O. The van der Waals surface area contributed by atoms with Gasteiger partial charge in [0.05, 0.1) is 0 Å². The zero-order valence-electron chi connectivity index (χ0n) is 5.72. The summed E-state index contributed by atoms with van der Waals surface area (Å²) in [5.74, 6) is 0. The molecular formula is C4H10O5P+. The zero-order valence-corrected chi connectivity index (χ0v) is 6.62. The maximum atomic E-state index is 9.94. The third kappa shape index (κ3) is 3.87. The molecule has 0 aromatic heterocycles. The van der Waals surface area contributed by atoms with E-state index in [1.807, 2.05) is 0 Å². The quantitative estimate of drug-likeness (QED) is 0.457. The van der Waals surface area contributed by atoms with Gasteiger partial charge in [0.1, 0.15) is 6.10 Å². The Bertz CT molecular complexity index is 116. The van der Waals surface area contributed by atoms with E-state index in [0.717, 1.165) is 0 Å². The Hall–Kier alpha value is -0.0600. The molecule has 0 aliphatic carbocycles. The van der Waals surface area contributed by atoms with E-state index in [4.69, 9.17) is 10.00 Å². The van der Waals surface area contributed by atoms with Crippen molar-refractivity contribution in [2.45, 2.75) is 19.3 Å². The Balaban J connectivity index is 3.61. The molecule has 0 radical (unpaired) electrons. The molecule has 60 valence electrons. The summed E-state index contributed by atoms with van der Waals surface area (Å²) >= 11 is 0. The molecule has 0 saturated carbocycles. The second kappa shape index (κ2) is 4.71. The molecule has 0 aromatic carbocycles. The molecule has 0 aliphatic rings. The highest BCUT2D eigenvalue weighted by Gasteiger charge is 2.25. The van der Waals surface area contributed by atoms with Gasteiger partial charge in [0, 0.05) is 11.7 Å². The lowest BCUT2D eigenvalue weighted by molar-refractivity contribution is -0.110. The number of hydrogen-bond acceptors (Lipinski definition) is 4. The van der Waals surface area contributed by atoms with E-state index in [9.17, 15) is 4.57 Å². The van der Waals surface area contributed by atoms with Crippen LogP contribution in [0.3, 0.4) is 0 Å². The summed E-state index contributed by atoms with van der Waals surface area (Å²) < 4.78 is 18.6. The van der Waals surface area contributed by atoms with E-state index in [1.165, 1.54) is 14.0 Å². The molecule has 10 heavy (non-hydrogen) atoms. The van der Waals surface area contributed by atoms with Gasteiger partial charge >= 0.3 is 8.25 Å². The molecule has 0 heterocycles. The molecular weight excluding hydrogens is 159 g/mol. The van der Waals surface area contributed by atoms with Crippen LogP contribution in [0.2, 0.25) is 0 Å². The van der Waals surface area contributed by atoms with Crippen molar-refractivity contribution in [3.8, 4) is 0 Å². The predicted octanol–water partition coefficient (Wildman–Crippen LogP) is 0.00600. The number of ether oxygens (including phenoxy) is 1. The van der Waals surface area contributed by atoms with Crippen LogP contribution in [0.5, 0.6) is 0 Å². The fraction of sp³-hybridized carbons (Fsp3) is 1.00. The van der Waals surface area contributed by atoms with E-state index in [2.05, 4.69) is 9.26 Å². The molecule has 3 atom stereocenters. The van der Waals surface area contributed by atoms with Crippen LogP contribution in [-0.4, -0.2) is 29.5 Å². The summed E-state index contributed by atoms with van der Waals surface area (Å²) in [5, 5.41) is 8.80. The highest BCUT2D eigenvalue weighted by Crippen LogP contribution is 2.18. The second-order valence-corrected chi connectivity index (χ2v) is 2.36. The molecule has 0 spiro atoms. The second-order valence-electron chi connectivity index (χ2n) is 1.67. The first kappa shape index (κ1) is 9.94. The van der Waals surface area contributed by atoms with E-state index >= 15 is 0 Å². The summed E-state index contributed by atoms with van der Waals surface area (Å²) in [4.78, 5) is 8.14. The predicted molar refractivity (Wildman–Crippen MR) is 33.4 cm³/mol. The Morgan fingerprint density at radius 3 is 2.40 bits per heavy atom. The van der Waals surface area contributed by atoms with Crippen molar-refractivity contribution in [2.75, 3.05) is 7.11 Å². The molecule has 0 aliphatic heterocycles. The van der Waals surface area contributed by atoms with E-state index in [0.29, 0.717) is 0 Å². The standard InChI is InChI=1S/C4H9O5P/c1-3(8-2)4(5)9-10(6)7/h3-5H,1-2H3/p+1. The van der Waals surface area contributed by atoms with Crippen LogP contribution in [0.15, 0.2) is 0 Å². The molecule has 2 N–H and O–H groups in total. The van der Waals surface area contributed by atoms with Crippen molar-refractivity contribution in [1.29, 1.82) is 0 Å². The minimum atomic E-state index is -2.76. The minimum Gasteiger partial charge on any atom is -0.376 e. The van der Waals surface area contributed by atoms with Crippen LogP contribution in [0.4, 0.5) is 0 Å². The molecule has 0 saturated heterocycles. The van der Waals surface area contributed by atoms with Crippen LogP contribution in [0, 0.1) is 0 Å². The Morgan fingerprint density at radius 1 is 1.60 bits per heavy atom. The Morgan fingerprint density at radius 2 is 2.10 bits per heavy atom. The van der Waals surface area contributed by atoms with Crippen LogP contribution in [0.1, 0.15) is 6.92 Å². The topological polar surface area (TPSA) is 76.0 Å². The van der Waals surface area contributed by atoms with Crippen molar-refractivity contribution in [3.63, 3.8) is 0 Å². The molecule has 6 heteroatoms. The first-order valence-corrected chi connectivity index (χ1v) is 3.74. The van der Waals surface area contributed by atoms with Gasteiger partial charge in [0.2, 0.25) is 6.29 Å². The van der Waals surface area contributed by atoms with Gasteiger partial charge in [0.15, 0.2) is 0 Å². The third-order valence-electron chi connectivity index (χ3n) is 0.972. The smallest absolute Gasteiger partial charge is 0.376 e. The Kier molecular flexibility index (Phi) is 4.68. The fourth-order valence-corrected chi connectivity index (χ4v) is 0.651. The minimum absolute atomic E-state index is 0.605. The largest absolute Gasteiger partial charge is 0.697 e. The Labute approximate surface area is 59.5 Å². The number of aliphatic hydroxyl groups excluding tert-OH is 1. The molecule has 3 unspecified atom stereocenters. The first-order chi connectivity index (χ1) is 4.57. The van der Waals surface area contributed by atoms with E-state index in [1.54, 1.807) is 0 Å². The zero-order chi connectivity index (χ0) is 8.15. The van der Waals surface area contributed by atoms with Gasteiger partial charge in [-0.15, -0.1) is 4.89 Å². The third-order valence-corrected chi connectivity index (χ3v) is 1.37. The van der Waals surface area contributed by atoms with Gasteiger partial charge in [-0.05, 0) is 6.92 Å². The summed E-state index contributed by atoms with van der Waals surface area (Å²) in [7, 11) is -1.40. The van der Waals surface area contributed by atoms with Crippen molar-refractivity contribution in [3.05, 3.63) is 0 Å². The maximum absolute atomic E-state index is 9.94. The molecule has 5 nitrogen and oxygen atoms in total. The highest BCUT2D eigenvalue weighted by atomic mass is 31.1. The van der Waals surface area contributed by atoms with Gasteiger partial charge in [-0.1, -0.05) is 4.52 Å². The molecule has 0 bridgehead atoms. The lowest BCUT2D eigenvalue weighted by Crippen LogP contribution is -2.25. The van der Waals surface area contributed by atoms with Crippen molar-refractivity contribution >= 4 is 8.25 Å². The van der Waals surface area contributed by atoms with E-state index < -0.39 is 20.6 Å². The summed E-state index contributed by atoms with van der Waals surface area (Å²) in [5.41, 5.74) is 0. The number of methoxy groups -OCH3 is 1.